The van der Waals surface area contributed by atoms with Crippen LogP contribution in [0.4, 0.5) is 0 Å². The molecule has 2 unspecified atom stereocenters. The van der Waals surface area contributed by atoms with E-state index in [1.807, 2.05) is 6.92 Å². The maximum Gasteiger partial charge on any atom is 0.326 e. The second kappa shape index (κ2) is 6.25. The van der Waals surface area contributed by atoms with Crippen molar-refractivity contribution in [1.82, 2.24) is 4.90 Å². The molecule has 6 heteroatoms. The van der Waals surface area contributed by atoms with Crippen LogP contribution in [0.3, 0.4) is 0 Å². The van der Waals surface area contributed by atoms with Crippen LogP contribution in [-0.4, -0.2) is 40.1 Å². The molecule has 0 aliphatic carbocycles. The summed E-state index contributed by atoms with van der Waals surface area (Å²) in [5.74, 6) is 1.85. The normalized spacial score (nSPS) is 26.2. The summed E-state index contributed by atoms with van der Waals surface area (Å²) in [6, 6.07) is -0.691. The Kier molecular flexibility index (Phi) is 4.61. The lowest BCUT2D eigenvalue weighted by Gasteiger charge is -2.36. The number of hydrogen-bond acceptors (Lipinski definition) is 4. The minimum absolute atomic E-state index is 0.119. The number of amides is 1. The first kappa shape index (κ1) is 15.5. The predicted molar refractivity (Wildman–Crippen MR) is 76.4 cm³/mol. The van der Waals surface area contributed by atoms with Crippen LogP contribution in [0.15, 0.2) is 10.2 Å². The molecule has 2 aliphatic rings. The van der Waals surface area contributed by atoms with Gasteiger partial charge in [0.15, 0.2) is 5.66 Å². The summed E-state index contributed by atoms with van der Waals surface area (Å²) in [5, 5.41) is 17.2. The van der Waals surface area contributed by atoms with Crippen LogP contribution in [0.5, 0.6) is 0 Å². The van der Waals surface area contributed by atoms with E-state index >= 15 is 0 Å². The summed E-state index contributed by atoms with van der Waals surface area (Å²) in [4.78, 5) is 25.1. The van der Waals surface area contributed by atoms with Gasteiger partial charge in [-0.3, -0.25) is 4.79 Å². The van der Waals surface area contributed by atoms with Crippen LogP contribution in [0.2, 0.25) is 0 Å². The Balaban J connectivity index is 1.89. The zero-order chi connectivity index (χ0) is 15.5. The number of carbonyl (C=O) groups excluding carboxylic acids is 1. The molecule has 2 heterocycles. The topological polar surface area (TPSA) is 82.3 Å². The van der Waals surface area contributed by atoms with Gasteiger partial charge in [0.1, 0.15) is 6.04 Å². The summed E-state index contributed by atoms with van der Waals surface area (Å²) in [6.07, 6.45) is 8.64. The van der Waals surface area contributed by atoms with Crippen LogP contribution in [0.25, 0.3) is 0 Å². The number of hydrogen-bond donors (Lipinski definition) is 1. The molecule has 0 aromatic heterocycles. The number of rotatable bonds is 6. The second-order valence-electron chi connectivity index (χ2n) is 5.97. The van der Waals surface area contributed by atoms with Gasteiger partial charge in [0.2, 0.25) is 5.91 Å². The van der Waals surface area contributed by atoms with Crippen LogP contribution >= 0.6 is 0 Å². The van der Waals surface area contributed by atoms with Crippen molar-refractivity contribution in [2.75, 3.05) is 6.54 Å². The molecule has 0 spiro atoms. The fourth-order valence-corrected chi connectivity index (χ4v) is 2.80. The average Bonchev–Trinajstić information content (AvgIpc) is 3.22. The van der Waals surface area contributed by atoms with E-state index < -0.39 is 17.7 Å². The number of carboxylic acids is 1. The molecule has 1 amide bonds. The first-order chi connectivity index (χ1) is 9.97. The largest absolute Gasteiger partial charge is 0.480 e. The standard InChI is InChI=1S/C15H21N3O3/c1-3-4-8-15(16-17-15)9-7-13(19)18-10-11(2)5-6-12(18)14(20)21/h1,11-12H,4-10H2,2H3,(H,20,21). The van der Waals surface area contributed by atoms with E-state index in [1.54, 1.807) is 0 Å². The minimum Gasteiger partial charge on any atom is -0.480 e. The Bertz CT molecular complexity index is 489. The van der Waals surface area contributed by atoms with Crippen molar-refractivity contribution in [3.63, 3.8) is 0 Å². The monoisotopic (exact) mass is 291 g/mol. The Morgan fingerprint density at radius 1 is 1.38 bits per heavy atom. The molecule has 2 atom stereocenters. The van der Waals surface area contributed by atoms with Crippen LogP contribution in [0, 0.1) is 18.3 Å². The van der Waals surface area contributed by atoms with Gasteiger partial charge in [-0.2, -0.15) is 10.2 Å². The van der Waals surface area contributed by atoms with E-state index in [0.29, 0.717) is 38.1 Å². The first-order valence-corrected chi connectivity index (χ1v) is 7.37. The van der Waals surface area contributed by atoms with E-state index in [0.717, 1.165) is 6.42 Å². The molecule has 1 saturated heterocycles. The van der Waals surface area contributed by atoms with E-state index in [-0.39, 0.29) is 12.3 Å². The van der Waals surface area contributed by atoms with E-state index in [9.17, 15) is 14.7 Å². The van der Waals surface area contributed by atoms with Gasteiger partial charge in [-0.1, -0.05) is 6.92 Å². The zero-order valence-corrected chi connectivity index (χ0v) is 12.3. The zero-order valence-electron chi connectivity index (χ0n) is 12.3. The molecule has 0 bridgehead atoms. The highest BCUT2D eigenvalue weighted by Gasteiger charge is 2.41. The molecular formula is C15H21N3O3. The highest BCUT2D eigenvalue weighted by atomic mass is 16.4. The van der Waals surface area contributed by atoms with Crippen LogP contribution in [0.1, 0.15) is 45.4 Å². The Hall–Kier alpha value is -1.90. The quantitative estimate of drug-likeness (QED) is 0.760. The first-order valence-electron chi connectivity index (χ1n) is 7.37. The molecule has 2 aliphatic heterocycles. The van der Waals surface area contributed by atoms with Crippen LogP contribution < -0.4 is 0 Å². The molecule has 114 valence electrons. The van der Waals surface area contributed by atoms with Gasteiger partial charge >= 0.3 is 5.97 Å². The smallest absolute Gasteiger partial charge is 0.326 e. The molecule has 0 aromatic rings. The third-order valence-corrected chi connectivity index (χ3v) is 4.21. The molecule has 0 radical (unpaired) electrons. The third kappa shape index (κ3) is 3.81. The third-order valence-electron chi connectivity index (χ3n) is 4.21. The van der Waals surface area contributed by atoms with Crippen molar-refractivity contribution >= 4 is 11.9 Å². The molecule has 1 N–H and O–H groups in total. The highest BCUT2D eigenvalue weighted by molar-refractivity contribution is 5.84. The molecular weight excluding hydrogens is 270 g/mol. The number of nitrogens with zero attached hydrogens (tertiary/aromatic N) is 3. The fourth-order valence-electron chi connectivity index (χ4n) is 2.80. The lowest BCUT2D eigenvalue weighted by Crippen LogP contribution is -2.50. The lowest BCUT2D eigenvalue weighted by molar-refractivity contribution is -0.153. The molecule has 6 nitrogen and oxygen atoms in total. The highest BCUT2D eigenvalue weighted by Crippen LogP contribution is 2.38. The summed E-state index contributed by atoms with van der Waals surface area (Å²) >= 11 is 0. The summed E-state index contributed by atoms with van der Waals surface area (Å²) in [7, 11) is 0. The average molecular weight is 291 g/mol. The van der Waals surface area contributed by atoms with E-state index in [4.69, 9.17) is 6.42 Å². The van der Waals surface area contributed by atoms with Gasteiger partial charge in [-0.25, -0.2) is 4.79 Å². The van der Waals surface area contributed by atoms with Gasteiger partial charge in [-0.05, 0) is 18.8 Å². The Morgan fingerprint density at radius 3 is 2.67 bits per heavy atom. The molecule has 0 saturated carbocycles. The number of terminal acetylenes is 1. The van der Waals surface area contributed by atoms with Crippen molar-refractivity contribution in [2.24, 2.45) is 16.1 Å². The fraction of sp³-hybridized carbons (Fsp3) is 0.733. The van der Waals surface area contributed by atoms with Crippen molar-refractivity contribution in [3.8, 4) is 12.3 Å². The number of carboxylic acid groups (broad SMARTS) is 1. The Morgan fingerprint density at radius 2 is 2.10 bits per heavy atom. The number of aliphatic carboxylic acids is 1. The van der Waals surface area contributed by atoms with Gasteiger partial charge < -0.3 is 10.0 Å². The lowest BCUT2D eigenvalue weighted by atomic mass is 9.93. The second-order valence-corrected chi connectivity index (χ2v) is 5.97. The summed E-state index contributed by atoms with van der Waals surface area (Å²) in [6.45, 7) is 2.56. The van der Waals surface area contributed by atoms with Crippen molar-refractivity contribution in [3.05, 3.63) is 0 Å². The summed E-state index contributed by atoms with van der Waals surface area (Å²) in [5.41, 5.74) is -0.484. The van der Waals surface area contributed by atoms with Gasteiger partial charge in [0, 0.05) is 32.2 Å². The van der Waals surface area contributed by atoms with E-state index in [1.165, 1.54) is 4.90 Å². The SMILES string of the molecule is C#CCCC1(CCC(=O)N2CC(C)CCC2C(=O)O)N=N1. The van der Waals surface area contributed by atoms with Crippen molar-refractivity contribution < 1.29 is 14.7 Å². The Labute approximate surface area is 124 Å². The van der Waals surface area contributed by atoms with E-state index in [2.05, 4.69) is 16.1 Å². The molecule has 2 rings (SSSR count). The summed E-state index contributed by atoms with van der Waals surface area (Å²) < 4.78 is 0. The van der Waals surface area contributed by atoms with Crippen molar-refractivity contribution in [2.45, 2.75) is 57.2 Å². The predicted octanol–water partition coefficient (Wildman–Crippen LogP) is 2.05. The molecule has 1 fully saturated rings. The van der Waals surface area contributed by atoms with Crippen LogP contribution in [-0.2, 0) is 9.59 Å². The number of likely N-dealkylation sites (tertiary alicyclic amines) is 1. The molecule has 0 aromatic carbocycles. The van der Waals surface area contributed by atoms with Gasteiger partial charge in [0.25, 0.3) is 0 Å². The maximum absolute atomic E-state index is 12.3. The number of piperidine rings is 1. The van der Waals surface area contributed by atoms with Gasteiger partial charge in [0.05, 0.1) is 0 Å². The van der Waals surface area contributed by atoms with Crippen molar-refractivity contribution in [1.29, 1.82) is 0 Å². The minimum atomic E-state index is -0.918. The van der Waals surface area contributed by atoms with Gasteiger partial charge in [-0.15, -0.1) is 12.3 Å². The number of carbonyl (C=O) groups is 2. The maximum atomic E-state index is 12.3. The molecule has 21 heavy (non-hydrogen) atoms.